The fourth-order valence-electron chi connectivity index (χ4n) is 2.72. The average Bonchev–Trinajstić information content (AvgIpc) is 3.23. The van der Waals surface area contributed by atoms with Gasteiger partial charge in [0.2, 0.25) is 0 Å². The van der Waals surface area contributed by atoms with Crippen molar-refractivity contribution >= 4 is 28.3 Å². The number of aromatic nitrogens is 2. The predicted octanol–water partition coefficient (Wildman–Crippen LogP) is 3.71. The Balaban J connectivity index is 1.67. The zero-order valence-corrected chi connectivity index (χ0v) is 13.9. The minimum atomic E-state index is -0.0987. The largest absolute Gasteiger partial charge is 0.347 e. The van der Waals surface area contributed by atoms with E-state index in [1.54, 1.807) is 11.3 Å². The molecule has 1 aliphatic carbocycles. The molecule has 0 saturated heterocycles. The molecule has 23 heavy (non-hydrogen) atoms. The van der Waals surface area contributed by atoms with Crippen LogP contribution in [0.2, 0.25) is 0 Å². The Labute approximate surface area is 137 Å². The van der Waals surface area contributed by atoms with Gasteiger partial charge in [-0.15, -0.1) is 11.3 Å². The molecule has 0 aromatic carbocycles. The maximum Gasteiger partial charge on any atom is 0.259 e. The van der Waals surface area contributed by atoms with Crippen molar-refractivity contribution in [2.24, 2.45) is 0 Å². The van der Waals surface area contributed by atoms with Crippen LogP contribution in [0, 0.1) is 13.8 Å². The molecule has 0 bridgehead atoms. The van der Waals surface area contributed by atoms with Gasteiger partial charge < -0.3 is 9.84 Å². The number of amides is 1. The first-order valence-corrected chi connectivity index (χ1v) is 8.59. The van der Waals surface area contributed by atoms with Gasteiger partial charge in [0.1, 0.15) is 0 Å². The highest BCUT2D eigenvalue weighted by Crippen LogP contribution is 2.40. The highest BCUT2D eigenvalue weighted by Gasteiger charge is 2.28. The fraction of sp³-hybridized carbons (Fsp3) is 0.353. The molecule has 0 radical (unpaired) electrons. The molecule has 3 aromatic rings. The first-order valence-electron chi connectivity index (χ1n) is 7.71. The summed E-state index contributed by atoms with van der Waals surface area (Å²) in [4.78, 5) is 18.4. The third-order valence-corrected chi connectivity index (χ3v) is 5.28. The van der Waals surface area contributed by atoms with Gasteiger partial charge >= 0.3 is 0 Å². The second kappa shape index (κ2) is 5.45. The van der Waals surface area contributed by atoms with Gasteiger partial charge in [-0.1, -0.05) is 5.16 Å². The molecule has 0 spiro atoms. The third-order valence-electron chi connectivity index (χ3n) is 4.25. The second-order valence-electron chi connectivity index (χ2n) is 6.03. The lowest BCUT2D eigenvalue weighted by Crippen LogP contribution is -2.23. The Morgan fingerprint density at radius 2 is 2.26 bits per heavy atom. The van der Waals surface area contributed by atoms with E-state index < -0.39 is 0 Å². The van der Waals surface area contributed by atoms with Gasteiger partial charge in [-0.05, 0) is 49.8 Å². The van der Waals surface area contributed by atoms with E-state index in [0.29, 0.717) is 29.4 Å². The van der Waals surface area contributed by atoms with E-state index in [1.165, 1.54) is 10.4 Å². The SMILES string of the molecule is Cc1ccsc1CNC(=O)c1cc(C2CC2)nc2onc(C)c12. The van der Waals surface area contributed by atoms with Gasteiger partial charge in [0.05, 0.1) is 23.2 Å². The molecule has 0 atom stereocenters. The summed E-state index contributed by atoms with van der Waals surface area (Å²) in [5.41, 5.74) is 3.92. The third kappa shape index (κ3) is 2.63. The van der Waals surface area contributed by atoms with E-state index >= 15 is 0 Å². The topological polar surface area (TPSA) is 68.0 Å². The number of fused-ring (bicyclic) bond motifs is 1. The number of hydrogen-bond acceptors (Lipinski definition) is 5. The number of carbonyl (C=O) groups is 1. The molecule has 0 aliphatic heterocycles. The number of pyridine rings is 1. The van der Waals surface area contributed by atoms with Crippen LogP contribution in [0.4, 0.5) is 0 Å². The van der Waals surface area contributed by atoms with Gasteiger partial charge in [-0.2, -0.15) is 0 Å². The zero-order valence-electron chi connectivity index (χ0n) is 13.0. The van der Waals surface area contributed by atoms with Crippen molar-refractivity contribution in [1.82, 2.24) is 15.5 Å². The van der Waals surface area contributed by atoms with E-state index in [2.05, 4.69) is 28.4 Å². The standard InChI is InChI=1S/C17H17N3O2S/c1-9-5-6-23-14(9)8-18-16(21)12-7-13(11-3-4-11)19-17-15(12)10(2)20-22-17/h5-7,11H,3-4,8H2,1-2H3,(H,18,21). The van der Waals surface area contributed by atoms with Gasteiger partial charge in [0, 0.05) is 16.5 Å². The molecular weight excluding hydrogens is 310 g/mol. The van der Waals surface area contributed by atoms with Crippen molar-refractivity contribution in [2.45, 2.75) is 39.2 Å². The van der Waals surface area contributed by atoms with Crippen LogP contribution in [-0.2, 0) is 6.54 Å². The molecule has 1 N–H and O–H groups in total. The normalized spacial score (nSPS) is 14.3. The molecule has 4 rings (SSSR count). The molecule has 3 heterocycles. The van der Waals surface area contributed by atoms with E-state index in [4.69, 9.17) is 4.52 Å². The molecule has 5 nitrogen and oxygen atoms in total. The Morgan fingerprint density at radius 3 is 2.96 bits per heavy atom. The lowest BCUT2D eigenvalue weighted by atomic mass is 10.1. The summed E-state index contributed by atoms with van der Waals surface area (Å²) in [6.07, 6.45) is 2.25. The Kier molecular flexibility index (Phi) is 3.41. The Morgan fingerprint density at radius 1 is 1.43 bits per heavy atom. The number of rotatable bonds is 4. The number of aryl methyl sites for hydroxylation is 2. The van der Waals surface area contributed by atoms with Crippen molar-refractivity contribution in [3.8, 4) is 0 Å². The number of nitrogens with zero attached hydrogens (tertiary/aromatic N) is 2. The molecular formula is C17H17N3O2S. The van der Waals surface area contributed by atoms with Crippen molar-refractivity contribution in [2.75, 3.05) is 0 Å². The smallest absolute Gasteiger partial charge is 0.259 e. The molecule has 0 unspecified atom stereocenters. The first-order chi connectivity index (χ1) is 11.1. The van der Waals surface area contributed by atoms with Gasteiger partial charge in [-0.3, -0.25) is 4.79 Å². The van der Waals surface area contributed by atoms with Crippen LogP contribution in [0.25, 0.3) is 11.1 Å². The van der Waals surface area contributed by atoms with Gasteiger partial charge in [-0.25, -0.2) is 4.98 Å². The van der Waals surface area contributed by atoms with E-state index in [1.807, 2.05) is 18.4 Å². The lowest BCUT2D eigenvalue weighted by Gasteiger charge is -2.07. The summed E-state index contributed by atoms with van der Waals surface area (Å²) in [5, 5.41) is 9.74. The van der Waals surface area contributed by atoms with Crippen molar-refractivity contribution in [3.05, 3.63) is 44.9 Å². The number of thiophene rings is 1. The molecule has 1 amide bonds. The minimum absolute atomic E-state index is 0.0987. The zero-order chi connectivity index (χ0) is 16.0. The molecule has 6 heteroatoms. The van der Waals surface area contributed by atoms with E-state index in [-0.39, 0.29) is 5.91 Å². The highest BCUT2D eigenvalue weighted by molar-refractivity contribution is 7.10. The minimum Gasteiger partial charge on any atom is -0.347 e. The lowest BCUT2D eigenvalue weighted by molar-refractivity contribution is 0.0952. The summed E-state index contributed by atoms with van der Waals surface area (Å²) in [6, 6.07) is 3.97. The van der Waals surface area contributed by atoms with Crippen molar-refractivity contribution < 1.29 is 9.32 Å². The molecule has 1 saturated carbocycles. The van der Waals surface area contributed by atoms with Crippen LogP contribution in [0.5, 0.6) is 0 Å². The van der Waals surface area contributed by atoms with E-state index in [9.17, 15) is 4.79 Å². The Hall–Kier alpha value is -2.21. The number of carbonyl (C=O) groups excluding carboxylic acids is 1. The summed E-state index contributed by atoms with van der Waals surface area (Å²) in [7, 11) is 0. The van der Waals surface area contributed by atoms with Crippen molar-refractivity contribution in [3.63, 3.8) is 0 Å². The molecule has 1 fully saturated rings. The molecule has 118 valence electrons. The quantitative estimate of drug-likeness (QED) is 0.793. The summed E-state index contributed by atoms with van der Waals surface area (Å²) < 4.78 is 5.29. The average molecular weight is 327 g/mol. The van der Waals surface area contributed by atoms with Crippen LogP contribution in [0.1, 0.15) is 50.9 Å². The van der Waals surface area contributed by atoms with Crippen LogP contribution >= 0.6 is 11.3 Å². The van der Waals surface area contributed by atoms with Gasteiger partial charge in [0.25, 0.3) is 11.6 Å². The highest BCUT2D eigenvalue weighted by atomic mass is 32.1. The second-order valence-corrected chi connectivity index (χ2v) is 7.03. The number of nitrogens with one attached hydrogen (secondary N) is 1. The van der Waals surface area contributed by atoms with Crippen LogP contribution in [0.15, 0.2) is 22.0 Å². The number of hydrogen-bond donors (Lipinski definition) is 1. The predicted molar refractivity (Wildman–Crippen MR) is 88.7 cm³/mol. The monoisotopic (exact) mass is 327 g/mol. The van der Waals surface area contributed by atoms with Crippen LogP contribution < -0.4 is 5.32 Å². The first kappa shape index (κ1) is 14.4. The maximum absolute atomic E-state index is 12.7. The summed E-state index contributed by atoms with van der Waals surface area (Å²) >= 11 is 1.66. The fourth-order valence-corrected chi connectivity index (χ4v) is 3.57. The Bertz CT molecular complexity index is 893. The van der Waals surface area contributed by atoms with E-state index in [0.717, 1.165) is 23.9 Å². The summed E-state index contributed by atoms with van der Waals surface area (Å²) in [6.45, 7) is 4.43. The molecule has 3 aromatic heterocycles. The van der Waals surface area contributed by atoms with Crippen LogP contribution in [0.3, 0.4) is 0 Å². The maximum atomic E-state index is 12.7. The molecule has 1 aliphatic rings. The summed E-state index contributed by atoms with van der Waals surface area (Å²) in [5.74, 6) is 0.356. The van der Waals surface area contributed by atoms with Gasteiger partial charge in [0.15, 0.2) is 0 Å². The van der Waals surface area contributed by atoms with Crippen LogP contribution in [-0.4, -0.2) is 16.0 Å². The van der Waals surface area contributed by atoms with Crippen molar-refractivity contribution in [1.29, 1.82) is 0 Å².